The summed E-state index contributed by atoms with van der Waals surface area (Å²) in [6, 6.07) is 10.3. The second kappa shape index (κ2) is 7.38. The molecule has 0 bridgehead atoms. The van der Waals surface area contributed by atoms with E-state index in [4.69, 9.17) is 11.5 Å². The van der Waals surface area contributed by atoms with E-state index in [0.717, 1.165) is 31.6 Å². The third-order valence-electron chi connectivity index (χ3n) is 6.45. The molecule has 0 saturated carbocycles. The van der Waals surface area contributed by atoms with Crippen molar-refractivity contribution in [1.29, 1.82) is 5.26 Å². The van der Waals surface area contributed by atoms with Gasteiger partial charge in [-0.05, 0) is 36.5 Å². The summed E-state index contributed by atoms with van der Waals surface area (Å²) in [7, 11) is 0. The van der Waals surface area contributed by atoms with Crippen LogP contribution in [0.2, 0.25) is 0 Å². The number of hydrogen-bond donors (Lipinski definition) is 2. The number of anilines is 5. The molecular formula is C24H26N7O+. The number of hydrogen-bond acceptors (Lipinski definition) is 6. The maximum atomic E-state index is 13.1. The lowest BCUT2D eigenvalue weighted by Gasteiger charge is -2.20. The maximum Gasteiger partial charge on any atom is 0.240 e. The third-order valence-corrected chi connectivity index (χ3v) is 6.45. The number of rotatable bonds is 3. The highest BCUT2D eigenvalue weighted by Crippen LogP contribution is 2.43. The van der Waals surface area contributed by atoms with Crippen molar-refractivity contribution in [3.05, 3.63) is 41.0 Å². The van der Waals surface area contributed by atoms with E-state index in [1.54, 1.807) is 4.90 Å². The minimum Gasteiger partial charge on any atom is -0.383 e. The minimum absolute atomic E-state index is 0.102. The lowest BCUT2D eigenvalue weighted by atomic mass is 10.0. The van der Waals surface area contributed by atoms with Gasteiger partial charge in [0.1, 0.15) is 23.3 Å². The Morgan fingerprint density at radius 3 is 2.44 bits per heavy atom. The molecule has 0 atom stereocenters. The SMILES string of the molecule is CC(C)c1ccc(N2C(=O)Cc3c2nc(N)c2c(N)[nH+]c(N4CCCC4)c(C#N)c32)cc1. The number of nitrogens with two attached hydrogens (primary N) is 2. The molecule has 1 amide bonds. The molecule has 32 heavy (non-hydrogen) atoms. The first-order valence-corrected chi connectivity index (χ1v) is 11.0. The van der Waals surface area contributed by atoms with Crippen molar-refractivity contribution in [3.63, 3.8) is 0 Å². The second-order valence-corrected chi connectivity index (χ2v) is 8.77. The summed E-state index contributed by atoms with van der Waals surface area (Å²) in [5.74, 6) is 2.03. The number of fused-ring (bicyclic) bond motifs is 3. The summed E-state index contributed by atoms with van der Waals surface area (Å²) in [5.41, 5.74) is 15.8. The predicted octanol–water partition coefficient (Wildman–Crippen LogP) is 3.03. The van der Waals surface area contributed by atoms with Crippen LogP contribution in [0.1, 0.15) is 49.3 Å². The third kappa shape index (κ3) is 2.93. The average molecular weight is 429 g/mol. The van der Waals surface area contributed by atoms with Gasteiger partial charge < -0.3 is 11.5 Å². The van der Waals surface area contributed by atoms with E-state index in [-0.39, 0.29) is 18.1 Å². The molecule has 0 unspecified atom stereocenters. The summed E-state index contributed by atoms with van der Waals surface area (Å²) >= 11 is 0. The van der Waals surface area contributed by atoms with Crippen molar-refractivity contribution < 1.29 is 9.78 Å². The van der Waals surface area contributed by atoms with Gasteiger partial charge in [0.05, 0.1) is 30.6 Å². The van der Waals surface area contributed by atoms with Gasteiger partial charge in [-0.2, -0.15) is 5.26 Å². The highest BCUT2D eigenvalue weighted by Gasteiger charge is 2.36. The number of aromatic nitrogens is 2. The first-order valence-electron chi connectivity index (χ1n) is 11.0. The number of aromatic amines is 1. The summed E-state index contributed by atoms with van der Waals surface area (Å²) in [5, 5.41) is 11.3. The Morgan fingerprint density at radius 1 is 1.12 bits per heavy atom. The maximum absolute atomic E-state index is 13.1. The molecule has 2 aliphatic rings. The number of carbonyl (C=O) groups is 1. The summed E-state index contributed by atoms with van der Waals surface area (Å²) in [4.78, 5) is 24.6. The average Bonchev–Trinajstić information content (AvgIpc) is 3.41. The van der Waals surface area contributed by atoms with Crippen LogP contribution in [0.25, 0.3) is 10.8 Å². The van der Waals surface area contributed by atoms with E-state index in [1.807, 2.05) is 24.3 Å². The van der Waals surface area contributed by atoms with E-state index < -0.39 is 0 Å². The monoisotopic (exact) mass is 428 g/mol. The molecule has 0 aliphatic carbocycles. The molecule has 1 aromatic carbocycles. The largest absolute Gasteiger partial charge is 0.383 e. The van der Waals surface area contributed by atoms with E-state index >= 15 is 0 Å². The molecule has 8 heteroatoms. The van der Waals surface area contributed by atoms with E-state index in [1.165, 1.54) is 5.56 Å². The fourth-order valence-electron chi connectivity index (χ4n) is 4.81. The van der Waals surface area contributed by atoms with Crippen molar-refractivity contribution in [1.82, 2.24) is 4.98 Å². The Bertz CT molecular complexity index is 1280. The molecule has 4 heterocycles. The van der Waals surface area contributed by atoms with E-state index in [2.05, 4.69) is 34.8 Å². The van der Waals surface area contributed by atoms with E-state index in [9.17, 15) is 10.1 Å². The zero-order valence-corrected chi connectivity index (χ0v) is 18.3. The van der Waals surface area contributed by atoms with Gasteiger partial charge in [0.25, 0.3) is 0 Å². The number of benzene rings is 1. The van der Waals surface area contributed by atoms with Crippen molar-refractivity contribution in [2.45, 2.75) is 39.0 Å². The Morgan fingerprint density at radius 2 is 1.81 bits per heavy atom. The zero-order valence-electron chi connectivity index (χ0n) is 18.3. The molecule has 0 spiro atoms. The molecule has 162 valence electrons. The van der Waals surface area contributed by atoms with Crippen LogP contribution in [0.15, 0.2) is 24.3 Å². The number of amides is 1. The van der Waals surface area contributed by atoms with Crippen molar-refractivity contribution in [2.75, 3.05) is 34.4 Å². The quantitative estimate of drug-likeness (QED) is 0.660. The Balaban J connectivity index is 1.74. The fraction of sp³-hybridized carbons (Fsp3) is 0.333. The standard InChI is InChI=1S/C24H25N7O/c1-13(2)14-5-7-15(8-6-14)31-18(32)11-16-19-17(12-25)23(30-9-3-4-10-30)28-21(26)20(19)22(27)29-24(16)31/h5-8,13H,3-4,9-11H2,1-2H3,(H2,26,28)(H2,27,29)/p+1. The molecule has 5 N–H and O–H groups in total. The van der Waals surface area contributed by atoms with Crippen LogP contribution in [0.3, 0.4) is 0 Å². The van der Waals surface area contributed by atoms with Crippen molar-refractivity contribution in [2.24, 2.45) is 0 Å². The second-order valence-electron chi connectivity index (χ2n) is 8.77. The summed E-state index contributed by atoms with van der Waals surface area (Å²) in [6.45, 7) is 5.96. The number of pyridine rings is 2. The van der Waals surface area contributed by atoms with Gasteiger partial charge in [0, 0.05) is 10.9 Å². The van der Waals surface area contributed by atoms with Gasteiger partial charge in [0.2, 0.25) is 17.5 Å². The molecule has 8 nitrogen and oxygen atoms in total. The predicted molar refractivity (Wildman–Crippen MR) is 125 cm³/mol. The number of H-pyrrole nitrogens is 1. The Kier molecular flexibility index (Phi) is 4.63. The molecule has 3 aromatic rings. The zero-order chi connectivity index (χ0) is 22.6. The lowest BCUT2D eigenvalue weighted by Crippen LogP contribution is -2.29. The van der Waals surface area contributed by atoms with Gasteiger partial charge in [-0.1, -0.05) is 26.0 Å². The summed E-state index contributed by atoms with van der Waals surface area (Å²) < 4.78 is 0. The minimum atomic E-state index is -0.102. The highest BCUT2D eigenvalue weighted by molar-refractivity contribution is 6.15. The van der Waals surface area contributed by atoms with Gasteiger partial charge in [-0.25, -0.2) is 9.97 Å². The van der Waals surface area contributed by atoms with Crippen LogP contribution < -0.4 is 26.3 Å². The number of nitrogen functional groups attached to an aromatic ring is 2. The first-order chi connectivity index (χ1) is 15.4. The van der Waals surface area contributed by atoms with E-state index in [0.29, 0.717) is 45.3 Å². The fourth-order valence-corrected chi connectivity index (χ4v) is 4.81. The van der Waals surface area contributed by atoms with Gasteiger partial charge in [0.15, 0.2) is 0 Å². The number of nitrogens with zero attached hydrogens (tertiary/aromatic N) is 4. The molecule has 2 aromatic heterocycles. The van der Waals surface area contributed by atoms with Gasteiger partial charge >= 0.3 is 0 Å². The lowest BCUT2D eigenvalue weighted by molar-refractivity contribution is -0.344. The van der Waals surface area contributed by atoms with Crippen LogP contribution in [0, 0.1) is 11.3 Å². The topological polar surface area (TPSA) is 126 Å². The molecule has 0 radical (unpaired) electrons. The Labute approximate surface area is 186 Å². The highest BCUT2D eigenvalue weighted by atomic mass is 16.2. The molecular weight excluding hydrogens is 402 g/mol. The number of nitriles is 1. The Hall–Kier alpha value is -3.86. The van der Waals surface area contributed by atoms with Gasteiger partial charge in [-0.15, -0.1) is 0 Å². The van der Waals surface area contributed by atoms with Crippen molar-refractivity contribution in [3.8, 4) is 6.07 Å². The molecule has 1 fully saturated rings. The van der Waals surface area contributed by atoms with Crippen LogP contribution in [0.5, 0.6) is 0 Å². The first kappa shape index (κ1) is 20.1. The number of carbonyl (C=O) groups excluding carboxylic acids is 1. The van der Waals surface area contributed by atoms with Crippen LogP contribution in [-0.2, 0) is 11.2 Å². The normalized spacial score (nSPS) is 15.6. The number of nitrogens with one attached hydrogen (secondary N) is 1. The van der Waals surface area contributed by atoms with Crippen LogP contribution in [0.4, 0.5) is 29.0 Å². The summed E-state index contributed by atoms with van der Waals surface area (Å²) in [6.07, 6.45) is 2.26. The van der Waals surface area contributed by atoms with Crippen LogP contribution >= 0.6 is 0 Å². The molecule has 2 aliphatic heterocycles. The molecule has 1 saturated heterocycles. The van der Waals surface area contributed by atoms with Crippen molar-refractivity contribution >= 4 is 45.6 Å². The smallest absolute Gasteiger partial charge is 0.240 e. The van der Waals surface area contributed by atoms with Gasteiger partial charge in [-0.3, -0.25) is 14.6 Å². The van der Waals surface area contributed by atoms with Crippen LogP contribution in [-0.4, -0.2) is 24.0 Å². The molecule has 5 rings (SSSR count).